The number of urea groups is 1. The number of carbonyl (C=O) groups is 3. The number of carbonyl (C=O) groups excluding carboxylic acids is 3. The van der Waals surface area contributed by atoms with Crippen molar-refractivity contribution >= 4 is 17.9 Å². The first-order valence-corrected chi connectivity index (χ1v) is 12.7. The van der Waals surface area contributed by atoms with Crippen molar-refractivity contribution in [1.29, 1.82) is 0 Å². The van der Waals surface area contributed by atoms with Gasteiger partial charge in [0.1, 0.15) is 28.7 Å². The van der Waals surface area contributed by atoms with E-state index in [0.717, 1.165) is 57.3 Å². The normalized spacial score (nSPS) is 21.3. The van der Waals surface area contributed by atoms with E-state index in [1.807, 2.05) is 6.07 Å². The number of hydrogen-bond acceptors (Lipinski definition) is 7. The quantitative estimate of drug-likeness (QED) is 0.289. The summed E-state index contributed by atoms with van der Waals surface area (Å²) >= 11 is 0. The molecule has 1 spiro atoms. The number of ether oxygens (including phenoxy) is 3. The smallest absolute Gasteiger partial charge is 0.342 e. The molecule has 3 aliphatic heterocycles. The average molecular weight is 488 g/mol. The van der Waals surface area contributed by atoms with E-state index in [1.165, 1.54) is 17.7 Å². The number of fused-ring (bicyclic) bond motifs is 1. The van der Waals surface area contributed by atoms with Crippen molar-refractivity contribution in [2.75, 3.05) is 40.9 Å². The van der Waals surface area contributed by atoms with Gasteiger partial charge in [0.2, 0.25) is 0 Å². The van der Waals surface area contributed by atoms with Gasteiger partial charge in [-0.25, -0.2) is 9.59 Å². The van der Waals surface area contributed by atoms with E-state index in [4.69, 9.17) is 14.2 Å². The fraction of sp³-hybridized carbons (Fsp3) is 0.654. The van der Waals surface area contributed by atoms with Crippen molar-refractivity contribution in [2.24, 2.45) is 0 Å². The zero-order valence-electron chi connectivity index (χ0n) is 21.1. The third-order valence-electron chi connectivity index (χ3n) is 7.63. The highest BCUT2D eigenvalue weighted by molar-refractivity contribution is 6.06. The fourth-order valence-corrected chi connectivity index (χ4v) is 5.45. The second kappa shape index (κ2) is 10.8. The number of piperidine rings is 1. The number of likely N-dealkylation sites (tertiary alicyclic amines) is 1. The second-order valence-corrected chi connectivity index (χ2v) is 9.82. The molecule has 192 valence electrons. The maximum Gasteiger partial charge on any atom is 0.342 e. The highest BCUT2D eigenvalue weighted by Gasteiger charge is 2.50. The molecule has 3 aliphatic rings. The van der Waals surface area contributed by atoms with Gasteiger partial charge in [-0.05, 0) is 44.7 Å². The molecule has 3 heterocycles. The molecule has 3 amide bonds. The molecule has 1 aromatic rings. The Morgan fingerprint density at radius 3 is 2.31 bits per heavy atom. The summed E-state index contributed by atoms with van der Waals surface area (Å²) in [4.78, 5) is 40.1. The van der Waals surface area contributed by atoms with Crippen LogP contribution in [0.5, 0.6) is 11.5 Å². The molecule has 0 bridgehead atoms. The summed E-state index contributed by atoms with van der Waals surface area (Å²) < 4.78 is 16.3. The molecule has 0 aliphatic carbocycles. The number of nitrogens with zero attached hydrogens (tertiary/aromatic N) is 2. The van der Waals surface area contributed by atoms with Gasteiger partial charge in [-0.3, -0.25) is 9.69 Å². The number of esters is 1. The summed E-state index contributed by atoms with van der Waals surface area (Å²) in [6, 6.07) is 3.32. The van der Waals surface area contributed by atoms with E-state index < -0.39 is 5.54 Å². The minimum absolute atomic E-state index is 0.0868. The van der Waals surface area contributed by atoms with Gasteiger partial charge >= 0.3 is 12.0 Å². The second-order valence-electron chi connectivity index (χ2n) is 9.82. The lowest BCUT2D eigenvalue weighted by Crippen LogP contribution is -2.54. The molecular formula is C26H37N3O6. The molecule has 9 nitrogen and oxygen atoms in total. The van der Waals surface area contributed by atoms with Crippen molar-refractivity contribution in [3.63, 3.8) is 0 Å². The SMILES string of the molecule is COc1cc(OC)c2c(c1)[C@@H](CCCCCCCCN1CCC3(CC1)NC(=O)N(C)C3=O)OC2=O. The van der Waals surface area contributed by atoms with Crippen LogP contribution in [0.1, 0.15) is 79.8 Å². The lowest BCUT2D eigenvalue weighted by molar-refractivity contribution is -0.132. The summed E-state index contributed by atoms with van der Waals surface area (Å²) in [6.07, 6.45) is 8.70. The number of methoxy groups -OCH3 is 2. The summed E-state index contributed by atoms with van der Waals surface area (Å²) in [7, 11) is 4.70. The van der Waals surface area contributed by atoms with Gasteiger partial charge in [-0.1, -0.05) is 25.7 Å². The Morgan fingerprint density at radius 1 is 1.00 bits per heavy atom. The summed E-state index contributed by atoms with van der Waals surface area (Å²) in [5.41, 5.74) is 0.709. The Labute approximate surface area is 207 Å². The number of cyclic esters (lactones) is 1. The first kappa shape index (κ1) is 25.3. The van der Waals surface area contributed by atoms with Crippen molar-refractivity contribution in [3.8, 4) is 11.5 Å². The van der Waals surface area contributed by atoms with Crippen molar-refractivity contribution in [2.45, 2.75) is 69.4 Å². The summed E-state index contributed by atoms with van der Waals surface area (Å²) in [6.45, 7) is 2.72. The third kappa shape index (κ3) is 5.24. The number of rotatable bonds is 11. The number of unbranched alkanes of at least 4 members (excludes halogenated alkanes) is 5. The zero-order chi connectivity index (χ0) is 25.0. The van der Waals surface area contributed by atoms with Gasteiger partial charge in [0, 0.05) is 31.8 Å². The monoisotopic (exact) mass is 487 g/mol. The van der Waals surface area contributed by atoms with Crippen molar-refractivity contribution in [3.05, 3.63) is 23.3 Å². The molecular weight excluding hydrogens is 450 g/mol. The highest BCUT2D eigenvalue weighted by Crippen LogP contribution is 2.41. The van der Waals surface area contributed by atoms with E-state index in [-0.39, 0.29) is 24.0 Å². The number of likely N-dealkylation sites (N-methyl/N-ethyl adjacent to an activating group) is 1. The molecule has 0 saturated carbocycles. The molecule has 0 aromatic heterocycles. The van der Waals surface area contributed by atoms with Gasteiger partial charge in [0.05, 0.1) is 14.2 Å². The fourth-order valence-electron chi connectivity index (χ4n) is 5.45. The minimum Gasteiger partial charge on any atom is -0.497 e. The van der Waals surface area contributed by atoms with Gasteiger partial charge in [-0.2, -0.15) is 0 Å². The van der Waals surface area contributed by atoms with Gasteiger partial charge < -0.3 is 24.4 Å². The lowest BCUT2D eigenvalue weighted by atomic mass is 9.87. The van der Waals surface area contributed by atoms with Crippen LogP contribution in [0.25, 0.3) is 0 Å². The molecule has 1 N–H and O–H groups in total. The zero-order valence-corrected chi connectivity index (χ0v) is 21.1. The van der Waals surface area contributed by atoms with Crippen LogP contribution in [0.2, 0.25) is 0 Å². The van der Waals surface area contributed by atoms with E-state index >= 15 is 0 Å². The summed E-state index contributed by atoms with van der Waals surface area (Å²) in [5, 5.41) is 2.90. The Hall–Kier alpha value is -2.81. The average Bonchev–Trinajstić information content (AvgIpc) is 3.29. The largest absolute Gasteiger partial charge is 0.497 e. The highest BCUT2D eigenvalue weighted by atomic mass is 16.6. The Kier molecular flexibility index (Phi) is 7.84. The maximum atomic E-state index is 12.4. The summed E-state index contributed by atoms with van der Waals surface area (Å²) in [5.74, 6) is 0.762. The molecule has 2 saturated heterocycles. The van der Waals surface area contributed by atoms with Gasteiger partial charge in [0.15, 0.2) is 0 Å². The molecule has 1 aromatic carbocycles. The molecule has 0 unspecified atom stereocenters. The molecule has 2 fully saturated rings. The lowest BCUT2D eigenvalue weighted by Gasteiger charge is -2.37. The number of amides is 3. The molecule has 0 radical (unpaired) electrons. The van der Waals surface area contributed by atoms with Crippen LogP contribution in [0.3, 0.4) is 0 Å². The predicted molar refractivity (Wildman–Crippen MR) is 130 cm³/mol. The Morgan fingerprint density at radius 2 is 1.69 bits per heavy atom. The predicted octanol–water partition coefficient (Wildman–Crippen LogP) is 3.66. The minimum atomic E-state index is -0.674. The van der Waals surface area contributed by atoms with E-state index in [2.05, 4.69) is 10.2 Å². The number of nitrogens with one attached hydrogen (secondary N) is 1. The number of imide groups is 1. The first-order chi connectivity index (χ1) is 16.9. The van der Waals surface area contributed by atoms with Gasteiger partial charge in [-0.15, -0.1) is 0 Å². The van der Waals surface area contributed by atoms with Crippen LogP contribution in [-0.4, -0.2) is 74.1 Å². The van der Waals surface area contributed by atoms with Crippen LogP contribution in [0.4, 0.5) is 4.79 Å². The third-order valence-corrected chi connectivity index (χ3v) is 7.63. The van der Waals surface area contributed by atoms with Crippen LogP contribution in [-0.2, 0) is 9.53 Å². The molecule has 9 heteroatoms. The Bertz CT molecular complexity index is 957. The van der Waals surface area contributed by atoms with Crippen molar-refractivity contribution < 1.29 is 28.6 Å². The topological polar surface area (TPSA) is 97.4 Å². The van der Waals surface area contributed by atoms with E-state index in [1.54, 1.807) is 27.3 Å². The van der Waals surface area contributed by atoms with E-state index in [0.29, 0.717) is 29.9 Å². The molecule has 4 rings (SSSR count). The van der Waals surface area contributed by atoms with E-state index in [9.17, 15) is 14.4 Å². The van der Waals surface area contributed by atoms with Crippen LogP contribution in [0, 0.1) is 0 Å². The van der Waals surface area contributed by atoms with Crippen LogP contribution >= 0.6 is 0 Å². The number of benzene rings is 1. The number of hydrogen-bond donors (Lipinski definition) is 1. The molecule has 1 atom stereocenters. The van der Waals surface area contributed by atoms with Crippen LogP contribution in [0.15, 0.2) is 12.1 Å². The first-order valence-electron chi connectivity index (χ1n) is 12.7. The molecule has 35 heavy (non-hydrogen) atoms. The standard InChI is InChI=1S/C26H37N3O6/c1-28-24(31)26(27-25(28)32)11-14-29(15-12-26)13-9-7-5-4-6-8-10-20-19-16-18(33-2)17-21(34-3)22(19)23(30)35-20/h16-17,20H,4-15H2,1-3H3,(H,27,32)/t20-/m1/s1. The van der Waals surface area contributed by atoms with Crippen molar-refractivity contribution in [1.82, 2.24) is 15.1 Å². The van der Waals surface area contributed by atoms with Crippen LogP contribution < -0.4 is 14.8 Å². The Balaban J connectivity index is 1.10. The maximum absolute atomic E-state index is 12.4. The van der Waals surface area contributed by atoms with Gasteiger partial charge in [0.25, 0.3) is 5.91 Å².